The van der Waals surface area contributed by atoms with Gasteiger partial charge in [0.2, 0.25) is 5.91 Å². The molecule has 0 spiro atoms. The molecule has 21 heavy (non-hydrogen) atoms. The maximum atomic E-state index is 12.4. The smallest absolute Gasteiger partial charge is 0.237 e. The van der Waals surface area contributed by atoms with Gasteiger partial charge < -0.3 is 0 Å². The SMILES string of the molecule is O=C1NS(=O)C2C3c4ccccc4C(c4ccccc43)C12. The van der Waals surface area contributed by atoms with Crippen LogP contribution in [0.1, 0.15) is 34.1 Å². The molecule has 3 atom stereocenters. The fraction of sp³-hybridized carbons (Fsp3) is 0.235. The maximum absolute atomic E-state index is 12.4. The van der Waals surface area contributed by atoms with Crippen molar-refractivity contribution >= 4 is 16.9 Å². The van der Waals surface area contributed by atoms with Crippen LogP contribution in [0.2, 0.25) is 0 Å². The normalized spacial score (nSPS) is 34.9. The Bertz CT molecular complexity index is 702. The highest BCUT2D eigenvalue weighted by Crippen LogP contribution is 2.58. The van der Waals surface area contributed by atoms with Crippen LogP contribution < -0.4 is 4.72 Å². The molecular formula is C17H13NO2S. The van der Waals surface area contributed by atoms with E-state index in [1.807, 2.05) is 24.3 Å². The van der Waals surface area contributed by atoms with E-state index in [4.69, 9.17) is 0 Å². The minimum absolute atomic E-state index is 0.0406. The number of nitrogens with one attached hydrogen (secondary N) is 1. The zero-order chi connectivity index (χ0) is 14.1. The molecule has 4 heteroatoms. The van der Waals surface area contributed by atoms with Crippen LogP contribution in [-0.2, 0) is 15.8 Å². The van der Waals surface area contributed by atoms with Gasteiger partial charge in [-0.15, -0.1) is 0 Å². The van der Waals surface area contributed by atoms with Gasteiger partial charge in [-0.1, -0.05) is 48.5 Å². The molecule has 4 aliphatic rings. The first-order chi connectivity index (χ1) is 10.3. The van der Waals surface area contributed by atoms with E-state index in [0.29, 0.717) is 0 Å². The molecule has 1 fully saturated rings. The monoisotopic (exact) mass is 295 g/mol. The Balaban J connectivity index is 1.88. The van der Waals surface area contributed by atoms with Crippen LogP contribution in [-0.4, -0.2) is 15.4 Å². The maximum Gasteiger partial charge on any atom is 0.237 e. The number of carbonyl (C=O) groups excluding carboxylic acids is 1. The lowest BCUT2D eigenvalue weighted by Crippen LogP contribution is -2.44. The standard InChI is InChI=1S/C17H13NO2S/c19-17-15-13-9-5-1-3-7-11(9)14(16(15)21(20)18-17)12-8-4-2-6-10(12)13/h1-8,13-16H,(H,18,19). The molecule has 2 aromatic rings. The summed E-state index contributed by atoms with van der Waals surface area (Å²) in [5, 5.41) is -0.132. The molecule has 1 aliphatic heterocycles. The molecule has 0 aromatic heterocycles. The summed E-state index contributed by atoms with van der Waals surface area (Å²) >= 11 is 0. The van der Waals surface area contributed by atoms with Crippen molar-refractivity contribution in [2.45, 2.75) is 17.1 Å². The van der Waals surface area contributed by atoms with Crippen molar-refractivity contribution in [2.24, 2.45) is 5.92 Å². The number of hydrogen-bond acceptors (Lipinski definition) is 2. The Labute approximate surface area is 125 Å². The van der Waals surface area contributed by atoms with Gasteiger partial charge in [-0.25, -0.2) is 4.21 Å². The van der Waals surface area contributed by atoms with Crippen molar-refractivity contribution in [3.63, 3.8) is 0 Å². The number of benzene rings is 2. The molecule has 3 unspecified atom stereocenters. The Hall–Kier alpha value is -1.94. The van der Waals surface area contributed by atoms with E-state index in [1.54, 1.807) is 0 Å². The molecule has 1 heterocycles. The van der Waals surface area contributed by atoms with Crippen molar-refractivity contribution in [3.05, 3.63) is 70.8 Å². The van der Waals surface area contributed by atoms with Crippen molar-refractivity contribution in [1.29, 1.82) is 0 Å². The van der Waals surface area contributed by atoms with E-state index in [9.17, 15) is 9.00 Å². The zero-order valence-corrected chi connectivity index (χ0v) is 12.0. The molecule has 3 aliphatic carbocycles. The molecule has 0 saturated carbocycles. The van der Waals surface area contributed by atoms with Crippen molar-refractivity contribution in [2.75, 3.05) is 0 Å². The Morgan fingerprint density at radius 2 is 1.29 bits per heavy atom. The molecule has 2 bridgehead atoms. The van der Waals surface area contributed by atoms with Gasteiger partial charge in [-0.3, -0.25) is 9.52 Å². The molecule has 1 amide bonds. The highest BCUT2D eigenvalue weighted by molar-refractivity contribution is 7.84. The first-order valence-electron chi connectivity index (χ1n) is 7.16. The third kappa shape index (κ3) is 1.29. The average molecular weight is 295 g/mol. The summed E-state index contributed by atoms with van der Waals surface area (Å²) in [7, 11) is -1.28. The lowest BCUT2D eigenvalue weighted by molar-refractivity contribution is -0.122. The van der Waals surface area contributed by atoms with E-state index in [-0.39, 0.29) is 28.9 Å². The largest absolute Gasteiger partial charge is 0.275 e. The summed E-state index contributed by atoms with van der Waals surface area (Å²) in [4.78, 5) is 12.3. The first kappa shape index (κ1) is 11.7. The summed E-state index contributed by atoms with van der Waals surface area (Å²) in [5.74, 6) is -0.149. The van der Waals surface area contributed by atoms with E-state index in [2.05, 4.69) is 29.0 Å². The molecular weight excluding hydrogens is 282 g/mol. The second-order valence-electron chi connectivity index (χ2n) is 5.97. The fourth-order valence-corrected chi connectivity index (χ4v) is 5.98. The highest BCUT2D eigenvalue weighted by atomic mass is 32.2. The van der Waals surface area contributed by atoms with E-state index >= 15 is 0 Å². The summed E-state index contributed by atoms with van der Waals surface area (Å²) in [6.07, 6.45) is 0. The van der Waals surface area contributed by atoms with Crippen molar-refractivity contribution < 1.29 is 9.00 Å². The van der Waals surface area contributed by atoms with Crippen molar-refractivity contribution in [3.8, 4) is 0 Å². The predicted octanol–water partition coefficient (Wildman–Crippen LogP) is 2.06. The van der Waals surface area contributed by atoms with Crippen LogP contribution in [0.4, 0.5) is 0 Å². The van der Waals surface area contributed by atoms with Crippen LogP contribution in [0, 0.1) is 5.92 Å². The number of carbonyl (C=O) groups is 1. The molecule has 104 valence electrons. The summed E-state index contributed by atoms with van der Waals surface area (Å²) in [5.41, 5.74) is 4.95. The van der Waals surface area contributed by atoms with E-state index in [1.165, 1.54) is 22.3 Å². The topological polar surface area (TPSA) is 46.2 Å². The Kier molecular flexibility index (Phi) is 2.13. The molecule has 1 N–H and O–H groups in total. The summed E-state index contributed by atoms with van der Waals surface area (Å²) < 4.78 is 15.1. The summed E-state index contributed by atoms with van der Waals surface area (Å²) in [6, 6.07) is 16.6. The lowest BCUT2D eigenvalue weighted by atomic mass is 9.59. The fourth-order valence-electron chi connectivity index (χ4n) is 4.42. The quantitative estimate of drug-likeness (QED) is 0.808. The van der Waals surface area contributed by atoms with Crippen molar-refractivity contribution in [1.82, 2.24) is 4.72 Å². The Morgan fingerprint density at radius 1 is 0.810 bits per heavy atom. The average Bonchev–Trinajstić information content (AvgIpc) is 2.83. The molecule has 1 saturated heterocycles. The van der Waals surface area contributed by atoms with E-state index < -0.39 is 11.0 Å². The van der Waals surface area contributed by atoms with Crippen LogP contribution in [0.15, 0.2) is 48.5 Å². The third-order valence-corrected chi connectivity index (χ3v) is 6.59. The van der Waals surface area contributed by atoms with Crippen LogP contribution in [0.3, 0.4) is 0 Å². The van der Waals surface area contributed by atoms with Crippen LogP contribution in [0.5, 0.6) is 0 Å². The molecule has 3 nitrogen and oxygen atoms in total. The van der Waals surface area contributed by atoms with Gasteiger partial charge in [0.1, 0.15) is 11.0 Å². The molecule has 2 aromatic carbocycles. The van der Waals surface area contributed by atoms with Gasteiger partial charge in [0, 0.05) is 11.8 Å². The zero-order valence-electron chi connectivity index (χ0n) is 11.2. The van der Waals surface area contributed by atoms with Gasteiger partial charge in [0.15, 0.2) is 0 Å². The minimum Gasteiger partial charge on any atom is -0.275 e. The number of hydrogen-bond donors (Lipinski definition) is 1. The third-order valence-electron chi connectivity index (χ3n) is 5.12. The number of rotatable bonds is 0. The Morgan fingerprint density at radius 3 is 1.81 bits per heavy atom. The molecule has 0 radical (unpaired) electrons. The molecule has 6 rings (SSSR count). The van der Waals surface area contributed by atoms with Gasteiger partial charge in [-0.05, 0) is 22.3 Å². The first-order valence-corrected chi connectivity index (χ1v) is 8.37. The summed E-state index contributed by atoms with van der Waals surface area (Å²) in [6.45, 7) is 0. The minimum atomic E-state index is -1.28. The van der Waals surface area contributed by atoms with E-state index in [0.717, 1.165) is 0 Å². The van der Waals surface area contributed by atoms with Gasteiger partial charge in [-0.2, -0.15) is 0 Å². The number of amides is 1. The second-order valence-corrected chi connectivity index (χ2v) is 7.31. The van der Waals surface area contributed by atoms with Crippen LogP contribution in [0.25, 0.3) is 0 Å². The van der Waals surface area contributed by atoms with Gasteiger partial charge >= 0.3 is 0 Å². The second kappa shape index (κ2) is 3.83. The van der Waals surface area contributed by atoms with Crippen LogP contribution >= 0.6 is 0 Å². The highest BCUT2D eigenvalue weighted by Gasteiger charge is 2.58. The lowest BCUT2D eigenvalue weighted by Gasteiger charge is -2.45. The van der Waals surface area contributed by atoms with Gasteiger partial charge in [0.25, 0.3) is 0 Å². The predicted molar refractivity (Wildman–Crippen MR) is 80.1 cm³/mol. The van der Waals surface area contributed by atoms with Gasteiger partial charge in [0.05, 0.1) is 11.2 Å².